The Hall–Kier alpha value is -2.11. The van der Waals surface area contributed by atoms with Gasteiger partial charge in [0.15, 0.2) is 0 Å². The predicted octanol–water partition coefficient (Wildman–Crippen LogP) is 2.01. The third-order valence-electron chi connectivity index (χ3n) is 2.77. The van der Waals surface area contributed by atoms with E-state index in [4.69, 9.17) is 0 Å². The van der Waals surface area contributed by atoms with Gasteiger partial charge in [-0.05, 0) is 25.0 Å². The van der Waals surface area contributed by atoms with Crippen LogP contribution in [0.4, 0.5) is 5.69 Å². The largest absolute Gasteiger partial charge is 0.469 e. The maximum absolute atomic E-state index is 11.3. The van der Waals surface area contributed by atoms with Crippen molar-refractivity contribution in [2.45, 2.75) is 25.7 Å². The fourth-order valence-electron chi connectivity index (χ4n) is 1.66. The summed E-state index contributed by atoms with van der Waals surface area (Å²) in [6, 6.07) is 3.45. The molecule has 0 aromatic carbocycles. The van der Waals surface area contributed by atoms with Crippen LogP contribution in [0.2, 0.25) is 0 Å². The first-order valence-corrected chi connectivity index (χ1v) is 6.52. The second-order valence-electron chi connectivity index (χ2n) is 4.23. The Balaban J connectivity index is 2.25. The number of nitrogens with one attached hydrogen (secondary N) is 1. The van der Waals surface area contributed by atoms with Crippen LogP contribution in [0.25, 0.3) is 0 Å². The van der Waals surface area contributed by atoms with Gasteiger partial charge in [-0.25, -0.2) is 9.78 Å². The molecule has 0 aliphatic rings. The average Bonchev–Trinajstić information content (AvgIpc) is 2.49. The van der Waals surface area contributed by atoms with E-state index in [1.54, 1.807) is 18.3 Å². The Morgan fingerprint density at radius 2 is 2.00 bits per heavy atom. The first kappa shape index (κ1) is 15.9. The molecule has 1 rings (SSSR count). The van der Waals surface area contributed by atoms with Crippen molar-refractivity contribution in [3.63, 3.8) is 0 Å². The molecular weight excluding hydrogens is 260 g/mol. The third-order valence-corrected chi connectivity index (χ3v) is 2.77. The first-order valence-electron chi connectivity index (χ1n) is 6.52. The third kappa shape index (κ3) is 5.69. The van der Waals surface area contributed by atoms with E-state index in [1.807, 2.05) is 0 Å². The van der Waals surface area contributed by atoms with Gasteiger partial charge in [0.2, 0.25) is 0 Å². The van der Waals surface area contributed by atoms with Gasteiger partial charge < -0.3 is 14.8 Å². The van der Waals surface area contributed by atoms with Crippen LogP contribution < -0.4 is 5.32 Å². The molecule has 20 heavy (non-hydrogen) atoms. The molecule has 0 radical (unpaired) electrons. The maximum atomic E-state index is 11.3. The molecule has 0 aliphatic carbocycles. The Morgan fingerprint density at radius 1 is 1.20 bits per heavy atom. The lowest BCUT2D eigenvalue weighted by Gasteiger charge is -2.07. The highest BCUT2D eigenvalue weighted by Crippen LogP contribution is 2.09. The van der Waals surface area contributed by atoms with Crippen LogP contribution in [0, 0.1) is 0 Å². The highest BCUT2D eigenvalue weighted by Gasteiger charge is 2.07. The summed E-state index contributed by atoms with van der Waals surface area (Å²) in [7, 11) is 2.72. The number of anilines is 1. The monoisotopic (exact) mass is 280 g/mol. The van der Waals surface area contributed by atoms with Crippen LogP contribution in [-0.2, 0) is 14.3 Å². The lowest BCUT2D eigenvalue weighted by Crippen LogP contribution is -2.07. The lowest BCUT2D eigenvalue weighted by atomic mass is 10.2. The van der Waals surface area contributed by atoms with Crippen molar-refractivity contribution in [2.75, 3.05) is 26.1 Å². The number of pyridine rings is 1. The van der Waals surface area contributed by atoms with Gasteiger partial charge in [-0.3, -0.25) is 4.79 Å². The van der Waals surface area contributed by atoms with E-state index in [0.29, 0.717) is 6.42 Å². The SMILES string of the molecule is COC(=O)CCCCCNc1ccnc(C(=O)OC)c1. The van der Waals surface area contributed by atoms with Crippen molar-refractivity contribution in [2.24, 2.45) is 0 Å². The number of methoxy groups -OCH3 is 2. The quantitative estimate of drug-likeness (QED) is 0.580. The molecule has 0 atom stereocenters. The molecule has 1 heterocycles. The number of ether oxygens (including phenoxy) is 2. The van der Waals surface area contributed by atoms with Gasteiger partial charge in [0.05, 0.1) is 14.2 Å². The molecule has 0 saturated carbocycles. The van der Waals surface area contributed by atoms with Gasteiger partial charge >= 0.3 is 11.9 Å². The number of carbonyl (C=O) groups excluding carboxylic acids is 2. The summed E-state index contributed by atoms with van der Waals surface area (Å²) >= 11 is 0. The molecule has 0 saturated heterocycles. The lowest BCUT2D eigenvalue weighted by molar-refractivity contribution is -0.140. The molecule has 0 fully saturated rings. The van der Waals surface area contributed by atoms with Crippen molar-refractivity contribution in [1.82, 2.24) is 4.98 Å². The average molecular weight is 280 g/mol. The van der Waals surface area contributed by atoms with E-state index in [9.17, 15) is 9.59 Å². The van der Waals surface area contributed by atoms with Crippen molar-refractivity contribution in [1.29, 1.82) is 0 Å². The Kier molecular flexibility index (Phi) is 7.10. The van der Waals surface area contributed by atoms with E-state index >= 15 is 0 Å². The molecule has 110 valence electrons. The number of aromatic nitrogens is 1. The van der Waals surface area contributed by atoms with Crippen LogP contribution in [-0.4, -0.2) is 37.7 Å². The Morgan fingerprint density at radius 3 is 2.70 bits per heavy atom. The Labute approximate surface area is 118 Å². The fourth-order valence-corrected chi connectivity index (χ4v) is 1.66. The summed E-state index contributed by atoms with van der Waals surface area (Å²) < 4.78 is 9.18. The van der Waals surface area contributed by atoms with Gasteiger partial charge in [-0.15, -0.1) is 0 Å². The summed E-state index contributed by atoms with van der Waals surface area (Å²) in [6.45, 7) is 0.770. The van der Waals surface area contributed by atoms with E-state index in [1.165, 1.54) is 14.2 Å². The number of nitrogens with zero attached hydrogens (tertiary/aromatic N) is 1. The minimum Gasteiger partial charge on any atom is -0.469 e. The standard InChI is InChI=1S/C14H20N2O4/c1-19-13(17)6-4-3-5-8-15-11-7-9-16-12(10-11)14(18)20-2/h7,9-10H,3-6,8H2,1-2H3,(H,15,16). The molecule has 6 heteroatoms. The summed E-state index contributed by atoms with van der Waals surface area (Å²) in [5.74, 6) is -0.624. The number of unbranched alkanes of at least 4 members (excludes halogenated alkanes) is 2. The molecule has 0 spiro atoms. The van der Waals surface area contributed by atoms with Crippen LogP contribution >= 0.6 is 0 Å². The van der Waals surface area contributed by atoms with Gasteiger partial charge in [0, 0.05) is 24.8 Å². The minimum absolute atomic E-state index is 0.171. The maximum Gasteiger partial charge on any atom is 0.356 e. The van der Waals surface area contributed by atoms with Crippen LogP contribution in [0.5, 0.6) is 0 Å². The first-order chi connectivity index (χ1) is 9.67. The smallest absolute Gasteiger partial charge is 0.356 e. The van der Waals surface area contributed by atoms with Crippen molar-refractivity contribution in [3.05, 3.63) is 24.0 Å². The predicted molar refractivity (Wildman–Crippen MR) is 74.6 cm³/mol. The summed E-state index contributed by atoms with van der Waals surface area (Å²) in [4.78, 5) is 26.2. The zero-order chi connectivity index (χ0) is 14.8. The van der Waals surface area contributed by atoms with E-state index in [2.05, 4.69) is 19.8 Å². The molecular formula is C14H20N2O4. The molecule has 0 aliphatic heterocycles. The molecule has 1 aromatic rings. The number of esters is 2. The van der Waals surface area contributed by atoms with Crippen molar-refractivity contribution in [3.8, 4) is 0 Å². The van der Waals surface area contributed by atoms with Crippen LogP contribution in [0.1, 0.15) is 36.2 Å². The normalized spacial score (nSPS) is 9.90. The molecule has 1 aromatic heterocycles. The van der Waals surface area contributed by atoms with Gasteiger partial charge in [0.25, 0.3) is 0 Å². The van der Waals surface area contributed by atoms with E-state index in [0.717, 1.165) is 31.5 Å². The molecule has 0 bridgehead atoms. The van der Waals surface area contributed by atoms with E-state index < -0.39 is 5.97 Å². The highest BCUT2D eigenvalue weighted by molar-refractivity contribution is 5.88. The van der Waals surface area contributed by atoms with Crippen LogP contribution in [0.3, 0.4) is 0 Å². The van der Waals surface area contributed by atoms with Gasteiger partial charge in [0.1, 0.15) is 5.69 Å². The summed E-state index contributed by atoms with van der Waals surface area (Å²) in [5, 5.41) is 3.20. The van der Waals surface area contributed by atoms with Crippen LogP contribution in [0.15, 0.2) is 18.3 Å². The van der Waals surface area contributed by atoms with Crippen molar-refractivity contribution >= 4 is 17.6 Å². The number of carbonyl (C=O) groups is 2. The molecule has 0 unspecified atom stereocenters. The highest BCUT2D eigenvalue weighted by atomic mass is 16.5. The minimum atomic E-state index is -0.452. The van der Waals surface area contributed by atoms with Gasteiger partial charge in [-0.1, -0.05) is 6.42 Å². The molecule has 6 nitrogen and oxygen atoms in total. The zero-order valence-corrected chi connectivity index (χ0v) is 11.8. The Bertz CT molecular complexity index is 449. The van der Waals surface area contributed by atoms with Crippen molar-refractivity contribution < 1.29 is 19.1 Å². The second-order valence-corrected chi connectivity index (χ2v) is 4.23. The topological polar surface area (TPSA) is 77.5 Å². The second kappa shape index (κ2) is 8.90. The number of hydrogen-bond acceptors (Lipinski definition) is 6. The van der Waals surface area contributed by atoms with E-state index in [-0.39, 0.29) is 11.7 Å². The zero-order valence-electron chi connectivity index (χ0n) is 11.8. The summed E-state index contributed by atoms with van der Waals surface area (Å²) in [6.07, 6.45) is 4.71. The fraction of sp³-hybridized carbons (Fsp3) is 0.500. The summed E-state index contributed by atoms with van der Waals surface area (Å²) in [5.41, 5.74) is 1.11. The van der Waals surface area contributed by atoms with Gasteiger partial charge in [-0.2, -0.15) is 0 Å². The number of rotatable bonds is 8. The number of hydrogen-bond donors (Lipinski definition) is 1. The molecule has 0 amide bonds. The molecule has 1 N–H and O–H groups in total.